The first-order valence-electron chi connectivity index (χ1n) is 8.99. The third-order valence-corrected chi connectivity index (χ3v) is 4.42. The number of nitrogens with zero attached hydrogens (tertiary/aromatic N) is 4. The molecule has 28 heavy (non-hydrogen) atoms. The van der Waals surface area contributed by atoms with Gasteiger partial charge in [0.25, 0.3) is 11.5 Å². The quantitative estimate of drug-likeness (QED) is 0.582. The fraction of sp³-hybridized carbons (Fsp3) is 0.143. The fourth-order valence-electron chi connectivity index (χ4n) is 3.13. The summed E-state index contributed by atoms with van der Waals surface area (Å²) in [6.07, 6.45) is 3.53. The predicted molar refractivity (Wildman–Crippen MR) is 106 cm³/mol. The van der Waals surface area contributed by atoms with E-state index in [1.165, 1.54) is 4.68 Å². The molecule has 0 unspecified atom stereocenters. The maximum atomic E-state index is 13.0. The molecule has 2 aromatic heterocycles. The van der Waals surface area contributed by atoms with Gasteiger partial charge in [0.2, 0.25) is 0 Å². The van der Waals surface area contributed by atoms with Crippen molar-refractivity contribution in [2.75, 3.05) is 0 Å². The van der Waals surface area contributed by atoms with Crippen molar-refractivity contribution in [3.63, 3.8) is 0 Å². The Morgan fingerprint density at radius 1 is 1.04 bits per heavy atom. The van der Waals surface area contributed by atoms with E-state index in [4.69, 9.17) is 0 Å². The average molecular weight is 373 g/mol. The van der Waals surface area contributed by atoms with Crippen LogP contribution in [0.4, 0.5) is 0 Å². The highest BCUT2D eigenvalue weighted by Gasteiger charge is 2.19. The molecule has 1 amide bonds. The first-order chi connectivity index (χ1) is 13.6. The third-order valence-electron chi connectivity index (χ3n) is 4.42. The van der Waals surface area contributed by atoms with E-state index in [9.17, 15) is 9.59 Å². The van der Waals surface area contributed by atoms with E-state index in [2.05, 4.69) is 15.5 Å². The molecule has 0 spiro atoms. The molecular formula is C21H19N5O2. The van der Waals surface area contributed by atoms with Gasteiger partial charge in [-0.1, -0.05) is 36.4 Å². The minimum atomic E-state index is -0.333. The zero-order valence-corrected chi connectivity index (χ0v) is 15.3. The van der Waals surface area contributed by atoms with Crippen molar-refractivity contribution in [3.05, 3.63) is 89.1 Å². The molecule has 0 aliphatic carbocycles. The molecule has 0 saturated carbocycles. The summed E-state index contributed by atoms with van der Waals surface area (Å²) in [4.78, 5) is 25.9. The van der Waals surface area contributed by atoms with Crippen molar-refractivity contribution in [1.29, 1.82) is 0 Å². The number of carbonyl (C=O) groups is 1. The van der Waals surface area contributed by atoms with Crippen molar-refractivity contribution < 1.29 is 4.79 Å². The summed E-state index contributed by atoms with van der Waals surface area (Å²) in [7, 11) is 0. The van der Waals surface area contributed by atoms with Gasteiger partial charge in [0, 0.05) is 23.8 Å². The molecule has 4 rings (SSSR count). The van der Waals surface area contributed by atoms with Crippen LogP contribution in [0.1, 0.15) is 17.4 Å². The van der Waals surface area contributed by atoms with Crippen LogP contribution in [0, 0.1) is 0 Å². The zero-order chi connectivity index (χ0) is 19.5. The number of aromatic nitrogens is 4. The fourth-order valence-corrected chi connectivity index (χ4v) is 3.13. The van der Waals surface area contributed by atoms with Gasteiger partial charge in [-0.2, -0.15) is 14.9 Å². The van der Waals surface area contributed by atoms with Gasteiger partial charge in [-0.3, -0.25) is 14.3 Å². The maximum Gasteiger partial charge on any atom is 0.279 e. The lowest BCUT2D eigenvalue weighted by Gasteiger charge is -2.15. The Labute approximate surface area is 161 Å². The second kappa shape index (κ2) is 7.48. The minimum absolute atomic E-state index is 0.162. The molecule has 0 saturated heterocycles. The van der Waals surface area contributed by atoms with Crippen molar-refractivity contribution in [2.45, 2.75) is 19.5 Å². The van der Waals surface area contributed by atoms with Gasteiger partial charge in [0.1, 0.15) is 0 Å². The number of amides is 1. The molecule has 1 N–H and O–H groups in total. The van der Waals surface area contributed by atoms with Crippen LogP contribution in [0.25, 0.3) is 16.5 Å². The van der Waals surface area contributed by atoms with Crippen molar-refractivity contribution >= 4 is 16.7 Å². The Balaban J connectivity index is 1.74. The molecule has 0 aliphatic rings. The molecule has 0 bridgehead atoms. The lowest BCUT2D eigenvalue weighted by molar-refractivity contribution is 0.0931. The number of hydrogen-bond acceptors (Lipinski definition) is 4. The first-order valence-corrected chi connectivity index (χ1v) is 8.99. The molecular weight excluding hydrogens is 354 g/mol. The molecule has 7 heteroatoms. The normalized spacial score (nSPS) is 12.0. The molecule has 2 heterocycles. The van der Waals surface area contributed by atoms with Crippen LogP contribution < -0.4 is 10.9 Å². The van der Waals surface area contributed by atoms with E-state index < -0.39 is 0 Å². The predicted octanol–water partition coefficient (Wildman–Crippen LogP) is 2.40. The molecule has 0 aliphatic heterocycles. The average Bonchev–Trinajstić information content (AvgIpc) is 3.22. The van der Waals surface area contributed by atoms with Gasteiger partial charge in [-0.25, -0.2) is 0 Å². The lowest BCUT2D eigenvalue weighted by Crippen LogP contribution is -2.37. The van der Waals surface area contributed by atoms with Crippen LogP contribution in [0.15, 0.2) is 77.9 Å². The molecule has 140 valence electrons. The molecule has 7 nitrogen and oxygen atoms in total. The van der Waals surface area contributed by atoms with Crippen LogP contribution in [0.2, 0.25) is 0 Å². The number of carbonyl (C=O) groups excluding carboxylic acids is 1. The van der Waals surface area contributed by atoms with Crippen LogP contribution >= 0.6 is 0 Å². The standard InChI is InChI=1S/C21H19N5O2/c1-15(14-25-13-7-12-22-25)23-20(27)19-17-10-5-6-11-18(17)21(28)26(24-19)16-8-3-2-4-9-16/h2-13,15H,14H2,1H3,(H,23,27)/t15-/m0/s1. The number of para-hydroxylation sites is 1. The van der Waals surface area contributed by atoms with E-state index in [-0.39, 0.29) is 23.2 Å². The number of rotatable bonds is 5. The van der Waals surface area contributed by atoms with Gasteiger partial charge < -0.3 is 5.32 Å². The smallest absolute Gasteiger partial charge is 0.279 e. The second-order valence-corrected chi connectivity index (χ2v) is 6.55. The summed E-state index contributed by atoms with van der Waals surface area (Å²) in [5, 5.41) is 12.5. The monoisotopic (exact) mass is 373 g/mol. The summed E-state index contributed by atoms with van der Waals surface area (Å²) < 4.78 is 3.02. The summed E-state index contributed by atoms with van der Waals surface area (Å²) >= 11 is 0. The van der Waals surface area contributed by atoms with Gasteiger partial charge in [0.05, 0.1) is 17.6 Å². The molecule has 1 atom stereocenters. The van der Waals surface area contributed by atoms with Crippen LogP contribution in [-0.2, 0) is 6.54 Å². The highest BCUT2D eigenvalue weighted by molar-refractivity contribution is 6.04. The summed E-state index contributed by atoms with van der Waals surface area (Å²) in [6.45, 7) is 2.43. The van der Waals surface area contributed by atoms with Crippen molar-refractivity contribution in [2.24, 2.45) is 0 Å². The van der Waals surface area contributed by atoms with E-state index in [1.807, 2.05) is 37.4 Å². The van der Waals surface area contributed by atoms with E-state index in [0.29, 0.717) is 23.0 Å². The molecule has 2 aromatic carbocycles. The number of fused-ring (bicyclic) bond motifs is 1. The lowest BCUT2D eigenvalue weighted by atomic mass is 10.1. The van der Waals surface area contributed by atoms with Crippen molar-refractivity contribution in [1.82, 2.24) is 24.9 Å². The van der Waals surface area contributed by atoms with Crippen LogP contribution in [-0.4, -0.2) is 31.5 Å². The topological polar surface area (TPSA) is 81.8 Å². The Morgan fingerprint density at radius 2 is 1.75 bits per heavy atom. The first kappa shape index (κ1) is 17.7. The zero-order valence-electron chi connectivity index (χ0n) is 15.3. The minimum Gasteiger partial charge on any atom is -0.346 e. The van der Waals surface area contributed by atoms with E-state index >= 15 is 0 Å². The second-order valence-electron chi connectivity index (χ2n) is 6.55. The van der Waals surface area contributed by atoms with E-state index in [1.54, 1.807) is 47.3 Å². The van der Waals surface area contributed by atoms with Gasteiger partial charge >= 0.3 is 0 Å². The highest BCUT2D eigenvalue weighted by atomic mass is 16.2. The summed E-state index contributed by atoms with van der Waals surface area (Å²) in [6, 6.07) is 17.8. The number of hydrogen-bond donors (Lipinski definition) is 1. The maximum absolute atomic E-state index is 13.0. The van der Waals surface area contributed by atoms with Crippen LogP contribution in [0.5, 0.6) is 0 Å². The van der Waals surface area contributed by atoms with Gasteiger partial charge in [-0.05, 0) is 31.2 Å². The highest BCUT2D eigenvalue weighted by Crippen LogP contribution is 2.15. The Kier molecular flexibility index (Phi) is 4.72. The molecule has 0 radical (unpaired) electrons. The van der Waals surface area contributed by atoms with E-state index in [0.717, 1.165) is 0 Å². The van der Waals surface area contributed by atoms with Gasteiger partial charge in [-0.15, -0.1) is 0 Å². The Bertz CT molecular complexity index is 1170. The molecule has 0 fully saturated rings. The van der Waals surface area contributed by atoms with Gasteiger partial charge in [0.15, 0.2) is 5.69 Å². The largest absolute Gasteiger partial charge is 0.346 e. The molecule has 4 aromatic rings. The summed E-state index contributed by atoms with van der Waals surface area (Å²) in [5.41, 5.74) is 0.561. The Hall–Kier alpha value is -3.74. The number of nitrogens with one attached hydrogen (secondary N) is 1. The number of benzene rings is 2. The third kappa shape index (κ3) is 3.42. The van der Waals surface area contributed by atoms with Crippen LogP contribution in [0.3, 0.4) is 0 Å². The van der Waals surface area contributed by atoms with Crippen molar-refractivity contribution in [3.8, 4) is 5.69 Å². The summed E-state index contributed by atoms with van der Waals surface area (Å²) in [5.74, 6) is -0.333. The Morgan fingerprint density at radius 3 is 2.46 bits per heavy atom. The SMILES string of the molecule is C[C@@H](Cn1cccn1)NC(=O)c1nn(-c2ccccc2)c(=O)c2ccccc12.